The number of hydrazone groups is 1. The van der Waals surface area contributed by atoms with Crippen LogP contribution >= 0.6 is 0 Å². The maximum absolute atomic E-state index is 12.2. The molecule has 3 aromatic carbocycles. The molecule has 166 valence electrons. The third-order valence-electron chi connectivity index (χ3n) is 5.12. The Morgan fingerprint density at radius 1 is 1.00 bits per heavy atom. The van der Waals surface area contributed by atoms with Crippen molar-refractivity contribution >= 4 is 12.1 Å². The van der Waals surface area contributed by atoms with E-state index in [1.165, 1.54) is 5.56 Å². The van der Waals surface area contributed by atoms with Gasteiger partial charge in [0.1, 0.15) is 11.4 Å². The predicted molar refractivity (Wildman–Crippen MR) is 131 cm³/mol. The van der Waals surface area contributed by atoms with Gasteiger partial charge >= 0.3 is 0 Å². The maximum atomic E-state index is 12.2. The quantitative estimate of drug-likeness (QED) is 0.304. The lowest BCUT2D eigenvalue weighted by Gasteiger charge is -2.08. The first-order valence-electron chi connectivity index (χ1n) is 10.9. The number of benzene rings is 3. The summed E-state index contributed by atoms with van der Waals surface area (Å²) in [5.41, 5.74) is 7.22. The Morgan fingerprint density at radius 3 is 2.33 bits per heavy atom. The Kier molecular flexibility index (Phi) is 6.95. The van der Waals surface area contributed by atoms with Crippen LogP contribution < -0.4 is 10.2 Å². The summed E-state index contributed by atoms with van der Waals surface area (Å²) in [5, 5.41) is 8.86. The molecule has 1 N–H and O–H groups in total. The van der Waals surface area contributed by atoms with E-state index in [9.17, 15) is 4.79 Å². The highest BCUT2D eigenvalue weighted by Crippen LogP contribution is 2.22. The monoisotopic (exact) mass is 438 g/mol. The van der Waals surface area contributed by atoms with Crippen LogP contribution in [0.4, 0.5) is 0 Å². The van der Waals surface area contributed by atoms with E-state index < -0.39 is 0 Å². The van der Waals surface area contributed by atoms with E-state index in [0.717, 1.165) is 22.5 Å². The lowest BCUT2D eigenvalue weighted by atomic mass is 10.0. The topological polar surface area (TPSA) is 68.5 Å². The van der Waals surface area contributed by atoms with E-state index in [4.69, 9.17) is 9.84 Å². The Balaban J connectivity index is 1.43. The van der Waals surface area contributed by atoms with Crippen LogP contribution in [0, 0.1) is 0 Å². The number of hydrogen-bond donors (Lipinski definition) is 1. The van der Waals surface area contributed by atoms with Crippen molar-refractivity contribution in [3.63, 3.8) is 0 Å². The van der Waals surface area contributed by atoms with E-state index in [1.54, 1.807) is 10.9 Å². The molecular formula is C27H26N4O2. The van der Waals surface area contributed by atoms with Gasteiger partial charge in [0.05, 0.1) is 11.9 Å². The summed E-state index contributed by atoms with van der Waals surface area (Å²) in [7, 11) is 0. The Bertz CT molecular complexity index is 1210. The standard InChI is InChI=1S/C27H26N4O2/c1-20(2)21-13-15-25(16-14-21)33-19-26(32)29-28-17-23-18-31(24-11-7-4-8-12-24)30-27(23)22-9-5-3-6-10-22/h3-18,20H,19H2,1-2H3,(H,29,32). The van der Waals surface area contributed by atoms with Gasteiger partial charge in [0, 0.05) is 17.3 Å². The van der Waals surface area contributed by atoms with Crippen molar-refractivity contribution < 1.29 is 9.53 Å². The molecule has 33 heavy (non-hydrogen) atoms. The van der Waals surface area contributed by atoms with Crippen LogP contribution in [-0.2, 0) is 4.79 Å². The van der Waals surface area contributed by atoms with E-state index in [-0.39, 0.29) is 12.5 Å². The molecule has 0 unspecified atom stereocenters. The molecule has 0 aliphatic heterocycles. The number of para-hydroxylation sites is 1. The third-order valence-corrected chi connectivity index (χ3v) is 5.12. The van der Waals surface area contributed by atoms with Gasteiger partial charge in [-0.2, -0.15) is 10.2 Å². The third kappa shape index (κ3) is 5.74. The molecule has 0 atom stereocenters. The molecule has 0 radical (unpaired) electrons. The molecule has 0 saturated carbocycles. The molecule has 0 spiro atoms. The van der Waals surface area contributed by atoms with E-state index in [2.05, 4.69) is 24.4 Å². The van der Waals surface area contributed by atoms with Crippen LogP contribution in [0.25, 0.3) is 16.9 Å². The van der Waals surface area contributed by atoms with Crippen molar-refractivity contribution in [1.29, 1.82) is 0 Å². The minimum absolute atomic E-state index is 0.118. The first-order chi connectivity index (χ1) is 16.1. The van der Waals surface area contributed by atoms with Gasteiger partial charge in [0.2, 0.25) is 0 Å². The second-order valence-electron chi connectivity index (χ2n) is 7.88. The molecule has 1 amide bonds. The molecule has 1 heterocycles. The van der Waals surface area contributed by atoms with Gasteiger partial charge in [0.15, 0.2) is 6.61 Å². The molecule has 1 aromatic heterocycles. The molecule has 0 aliphatic rings. The fourth-order valence-corrected chi connectivity index (χ4v) is 3.32. The SMILES string of the molecule is CC(C)c1ccc(OCC(=O)NN=Cc2cn(-c3ccccc3)nc2-c2ccccc2)cc1. The number of carbonyl (C=O) groups excluding carboxylic acids is 1. The van der Waals surface area contributed by atoms with Crippen molar-refractivity contribution in [2.45, 2.75) is 19.8 Å². The molecule has 0 saturated heterocycles. The summed E-state index contributed by atoms with van der Waals surface area (Å²) >= 11 is 0. The molecule has 0 bridgehead atoms. The Labute approximate surface area is 193 Å². The summed E-state index contributed by atoms with van der Waals surface area (Å²) in [4.78, 5) is 12.2. The second-order valence-corrected chi connectivity index (χ2v) is 7.88. The van der Waals surface area contributed by atoms with Crippen LogP contribution in [0.1, 0.15) is 30.9 Å². The van der Waals surface area contributed by atoms with Gasteiger partial charge in [-0.05, 0) is 35.7 Å². The highest BCUT2D eigenvalue weighted by atomic mass is 16.5. The maximum Gasteiger partial charge on any atom is 0.277 e. The first kappa shape index (κ1) is 22.0. The molecule has 6 nitrogen and oxygen atoms in total. The Morgan fingerprint density at radius 2 is 1.67 bits per heavy atom. The lowest BCUT2D eigenvalue weighted by molar-refractivity contribution is -0.123. The largest absolute Gasteiger partial charge is 0.484 e. The van der Waals surface area contributed by atoms with Crippen molar-refractivity contribution in [3.8, 4) is 22.7 Å². The zero-order valence-electron chi connectivity index (χ0n) is 18.7. The molecule has 0 fully saturated rings. The summed E-state index contributed by atoms with van der Waals surface area (Å²) in [6.45, 7) is 4.15. The lowest BCUT2D eigenvalue weighted by Crippen LogP contribution is -2.24. The number of carbonyl (C=O) groups is 1. The van der Waals surface area contributed by atoms with Crippen LogP contribution in [0.3, 0.4) is 0 Å². The molecule has 0 aliphatic carbocycles. The molecule has 4 rings (SSSR count). The van der Waals surface area contributed by atoms with Gasteiger partial charge in [-0.1, -0.05) is 74.5 Å². The van der Waals surface area contributed by atoms with Crippen molar-refractivity contribution in [2.75, 3.05) is 6.61 Å². The van der Waals surface area contributed by atoms with Crippen LogP contribution in [0.5, 0.6) is 5.75 Å². The van der Waals surface area contributed by atoms with Gasteiger partial charge in [-0.3, -0.25) is 4.79 Å². The average molecular weight is 439 g/mol. The van der Waals surface area contributed by atoms with E-state index in [1.807, 2.05) is 91.1 Å². The number of nitrogens with one attached hydrogen (secondary N) is 1. The fourth-order valence-electron chi connectivity index (χ4n) is 3.32. The minimum Gasteiger partial charge on any atom is -0.484 e. The summed E-state index contributed by atoms with van der Waals surface area (Å²) in [6.07, 6.45) is 3.49. The summed E-state index contributed by atoms with van der Waals surface area (Å²) in [5.74, 6) is 0.758. The van der Waals surface area contributed by atoms with Gasteiger partial charge < -0.3 is 4.74 Å². The van der Waals surface area contributed by atoms with Crippen molar-refractivity contribution in [1.82, 2.24) is 15.2 Å². The number of ether oxygens (including phenoxy) is 1. The van der Waals surface area contributed by atoms with Crippen molar-refractivity contribution in [2.24, 2.45) is 5.10 Å². The average Bonchev–Trinajstić information content (AvgIpc) is 3.28. The van der Waals surface area contributed by atoms with Crippen molar-refractivity contribution in [3.05, 3.63) is 102 Å². The van der Waals surface area contributed by atoms with Crippen LogP contribution in [0.15, 0.2) is 96.2 Å². The zero-order valence-corrected chi connectivity index (χ0v) is 18.7. The predicted octanol–water partition coefficient (Wildman–Crippen LogP) is 5.19. The van der Waals surface area contributed by atoms with E-state index >= 15 is 0 Å². The van der Waals surface area contributed by atoms with E-state index in [0.29, 0.717) is 11.7 Å². The molecule has 4 aromatic rings. The fraction of sp³-hybridized carbons (Fsp3) is 0.148. The van der Waals surface area contributed by atoms with Crippen LogP contribution in [-0.4, -0.2) is 28.5 Å². The highest BCUT2D eigenvalue weighted by molar-refractivity contribution is 5.89. The number of nitrogens with zero attached hydrogens (tertiary/aromatic N) is 3. The normalized spacial score (nSPS) is 11.1. The summed E-state index contributed by atoms with van der Waals surface area (Å²) in [6, 6.07) is 27.5. The smallest absolute Gasteiger partial charge is 0.277 e. The zero-order chi connectivity index (χ0) is 23.0. The molecule has 6 heteroatoms. The molecular weight excluding hydrogens is 412 g/mol. The number of amides is 1. The number of hydrogen-bond acceptors (Lipinski definition) is 4. The van der Waals surface area contributed by atoms with Gasteiger partial charge in [0.25, 0.3) is 5.91 Å². The van der Waals surface area contributed by atoms with Gasteiger partial charge in [-0.15, -0.1) is 0 Å². The minimum atomic E-state index is -0.337. The number of aromatic nitrogens is 2. The second kappa shape index (κ2) is 10.4. The summed E-state index contributed by atoms with van der Waals surface area (Å²) < 4.78 is 7.36. The first-order valence-corrected chi connectivity index (χ1v) is 10.9. The van der Waals surface area contributed by atoms with Gasteiger partial charge in [-0.25, -0.2) is 10.1 Å². The highest BCUT2D eigenvalue weighted by Gasteiger charge is 2.11. The van der Waals surface area contributed by atoms with Crippen LogP contribution in [0.2, 0.25) is 0 Å². The number of rotatable bonds is 8. The Hall–Kier alpha value is -4.19.